The van der Waals surface area contributed by atoms with Crippen molar-refractivity contribution in [2.75, 3.05) is 17.2 Å². The molecule has 0 saturated heterocycles. The molecular weight excluding hydrogens is 267 g/mol. The molecule has 0 radical (unpaired) electrons. The topological polar surface area (TPSA) is 37.0 Å². The quantitative estimate of drug-likeness (QED) is 0.774. The molecule has 1 rings (SSSR count). The molecule has 20 heavy (non-hydrogen) atoms. The zero-order chi connectivity index (χ0) is 15.2. The van der Waals surface area contributed by atoms with E-state index in [0.29, 0.717) is 6.54 Å². The van der Waals surface area contributed by atoms with Crippen LogP contribution < -0.4 is 10.6 Å². The summed E-state index contributed by atoms with van der Waals surface area (Å²) in [4.78, 5) is 4.20. The minimum Gasteiger partial charge on any atom is -0.370 e. The highest BCUT2D eigenvalue weighted by Gasteiger charge is 2.31. The molecule has 6 heteroatoms. The number of aromatic nitrogens is 1. The summed E-state index contributed by atoms with van der Waals surface area (Å²) in [6, 6.07) is 2.24. The normalized spacial score (nSPS) is 11.8. The van der Waals surface area contributed by atoms with Gasteiger partial charge in [-0.2, -0.15) is 13.2 Å². The standard InChI is InChI=1S/C14H22F3N3/c1-4-7-18-12-8-10(14(15,16)17)9-13(20-12)19-11(5-2)6-3/h8-9,11H,4-7H2,1-3H3,(H2,18,19,20). The first-order chi connectivity index (χ1) is 9.40. The second-order valence-corrected chi connectivity index (χ2v) is 4.71. The van der Waals surface area contributed by atoms with Crippen molar-refractivity contribution >= 4 is 11.6 Å². The molecule has 1 heterocycles. The van der Waals surface area contributed by atoms with Gasteiger partial charge in [0.25, 0.3) is 0 Å². The molecule has 0 fully saturated rings. The van der Waals surface area contributed by atoms with Crippen molar-refractivity contribution in [3.8, 4) is 0 Å². The molecule has 0 spiro atoms. The van der Waals surface area contributed by atoms with Crippen molar-refractivity contribution in [3.63, 3.8) is 0 Å². The Balaban J connectivity index is 3.03. The summed E-state index contributed by atoms with van der Waals surface area (Å²) < 4.78 is 38.7. The number of halogens is 3. The van der Waals surface area contributed by atoms with Crippen LogP contribution in [-0.2, 0) is 6.18 Å². The molecule has 0 atom stereocenters. The summed E-state index contributed by atoms with van der Waals surface area (Å²) in [5, 5.41) is 5.96. The van der Waals surface area contributed by atoms with Crippen LogP contribution in [0.3, 0.4) is 0 Å². The Bertz CT molecular complexity index is 415. The lowest BCUT2D eigenvalue weighted by molar-refractivity contribution is -0.137. The van der Waals surface area contributed by atoms with E-state index < -0.39 is 11.7 Å². The van der Waals surface area contributed by atoms with Gasteiger partial charge in [-0.15, -0.1) is 0 Å². The summed E-state index contributed by atoms with van der Waals surface area (Å²) in [5.74, 6) is 0.530. The SMILES string of the molecule is CCCNc1cc(C(F)(F)F)cc(NC(CC)CC)n1. The number of rotatable bonds is 7. The van der Waals surface area contributed by atoms with Gasteiger partial charge in [0.05, 0.1) is 5.56 Å². The molecule has 1 aromatic rings. The van der Waals surface area contributed by atoms with Gasteiger partial charge < -0.3 is 10.6 Å². The molecule has 0 saturated carbocycles. The second-order valence-electron chi connectivity index (χ2n) is 4.71. The van der Waals surface area contributed by atoms with Crippen LogP contribution >= 0.6 is 0 Å². The Labute approximate surface area is 118 Å². The fourth-order valence-corrected chi connectivity index (χ4v) is 1.81. The van der Waals surface area contributed by atoms with Gasteiger partial charge in [-0.25, -0.2) is 4.98 Å². The van der Waals surface area contributed by atoms with E-state index >= 15 is 0 Å². The van der Waals surface area contributed by atoms with Gasteiger partial charge in [-0.05, 0) is 31.4 Å². The number of pyridine rings is 1. The van der Waals surface area contributed by atoms with E-state index in [1.807, 2.05) is 20.8 Å². The first-order valence-electron chi connectivity index (χ1n) is 7.00. The van der Waals surface area contributed by atoms with Crippen LogP contribution in [0.25, 0.3) is 0 Å². The molecule has 0 amide bonds. The van der Waals surface area contributed by atoms with Crippen LogP contribution in [0.4, 0.5) is 24.8 Å². The number of anilines is 2. The predicted molar refractivity (Wildman–Crippen MR) is 76.0 cm³/mol. The molecule has 0 unspecified atom stereocenters. The summed E-state index contributed by atoms with van der Waals surface area (Å²) in [6.07, 6.45) is -1.86. The van der Waals surface area contributed by atoms with Gasteiger partial charge in [0, 0.05) is 12.6 Å². The summed E-state index contributed by atoms with van der Waals surface area (Å²) in [7, 11) is 0. The van der Waals surface area contributed by atoms with E-state index in [1.54, 1.807) is 0 Å². The summed E-state index contributed by atoms with van der Waals surface area (Å²) in [5.41, 5.74) is -0.681. The van der Waals surface area contributed by atoms with E-state index in [0.717, 1.165) is 31.4 Å². The highest BCUT2D eigenvalue weighted by atomic mass is 19.4. The van der Waals surface area contributed by atoms with E-state index in [-0.39, 0.29) is 17.7 Å². The van der Waals surface area contributed by atoms with Crippen LogP contribution in [0, 0.1) is 0 Å². The number of nitrogens with zero attached hydrogens (tertiary/aromatic N) is 1. The van der Waals surface area contributed by atoms with Crippen molar-refractivity contribution in [2.45, 2.75) is 52.3 Å². The third-order valence-electron chi connectivity index (χ3n) is 3.05. The number of nitrogens with one attached hydrogen (secondary N) is 2. The van der Waals surface area contributed by atoms with Gasteiger partial charge >= 0.3 is 6.18 Å². The Kier molecular flexibility index (Phi) is 6.10. The van der Waals surface area contributed by atoms with E-state index in [2.05, 4.69) is 15.6 Å². The van der Waals surface area contributed by atoms with Crippen molar-refractivity contribution in [3.05, 3.63) is 17.7 Å². The molecule has 114 valence electrons. The Morgan fingerprint density at radius 1 is 1.10 bits per heavy atom. The smallest absolute Gasteiger partial charge is 0.370 e. The van der Waals surface area contributed by atoms with E-state index in [9.17, 15) is 13.2 Å². The molecule has 2 N–H and O–H groups in total. The van der Waals surface area contributed by atoms with E-state index in [1.165, 1.54) is 0 Å². The fourth-order valence-electron chi connectivity index (χ4n) is 1.81. The maximum atomic E-state index is 12.9. The molecule has 0 aliphatic rings. The zero-order valence-corrected chi connectivity index (χ0v) is 12.1. The van der Waals surface area contributed by atoms with Gasteiger partial charge in [0.1, 0.15) is 11.6 Å². The van der Waals surface area contributed by atoms with Crippen molar-refractivity contribution in [1.82, 2.24) is 4.98 Å². The zero-order valence-electron chi connectivity index (χ0n) is 12.1. The highest BCUT2D eigenvalue weighted by Crippen LogP contribution is 2.32. The van der Waals surface area contributed by atoms with Crippen LogP contribution in [0.2, 0.25) is 0 Å². The maximum Gasteiger partial charge on any atom is 0.416 e. The van der Waals surface area contributed by atoms with Gasteiger partial charge in [-0.3, -0.25) is 0 Å². The molecule has 0 aliphatic heterocycles. The fraction of sp³-hybridized carbons (Fsp3) is 0.643. The van der Waals surface area contributed by atoms with Crippen LogP contribution in [0.5, 0.6) is 0 Å². The first-order valence-corrected chi connectivity index (χ1v) is 7.00. The molecule has 0 aliphatic carbocycles. The Morgan fingerprint density at radius 3 is 2.20 bits per heavy atom. The van der Waals surface area contributed by atoms with Crippen LogP contribution in [0.1, 0.15) is 45.6 Å². The Hall–Kier alpha value is -1.46. The van der Waals surface area contributed by atoms with Gasteiger partial charge in [0.15, 0.2) is 0 Å². The lowest BCUT2D eigenvalue weighted by Crippen LogP contribution is -2.19. The third kappa shape index (κ3) is 4.90. The Morgan fingerprint density at radius 2 is 1.70 bits per heavy atom. The predicted octanol–water partition coefficient (Wildman–Crippen LogP) is 4.52. The number of hydrogen-bond acceptors (Lipinski definition) is 3. The average molecular weight is 289 g/mol. The molecular formula is C14H22F3N3. The van der Waals surface area contributed by atoms with Crippen molar-refractivity contribution < 1.29 is 13.2 Å². The lowest BCUT2D eigenvalue weighted by atomic mass is 10.1. The second kappa shape index (κ2) is 7.36. The largest absolute Gasteiger partial charge is 0.416 e. The van der Waals surface area contributed by atoms with Gasteiger partial charge in [-0.1, -0.05) is 20.8 Å². The number of hydrogen-bond donors (Lipinski definition) is 2. The molecule has 3 nitrogen and oxygen atoms in total. The number of alkyl halides is 3. The maximum absolute atomic E-state index is 12.9. The first kappa shape index (κ1) is 16.6. The summed E-state index contributed by atoms with van der Waals surface area (Å²) >= 11 is 0. The molecule has 1 aromatic heterocycles. The monoisotopic (exact) mass is 289 g/mol. The minimum atomic E-state index is -4.37. The molecule has 0 aromatic carbocycles. The summed E-state index contributed by atoms with van der Waals surface area (Å²) in [6.45, 7) is 6.53. The molecule has 0 bridgehead atoms. The minimum absolute atomic E-state index is 0.130. The van der Waals surface area contributed by atoms with Crippen LogP contribution in [0.15, 0.2) is 12.1 Å². The van der Waals surface area contributed by atoms with Crippen molar-refractivity contribution in [1.29, 1.82) is 0 Å². The lowest BCUT2D eigenvalue weighted by Gasteiger charge is -2.18. The highest BCUT2D eigenvalue weighted by molar-refractivity contribution is 5.50. The third-order valence-corrected chi connectivity index (χ3v) is 3.05. The van der Waals surface area contributed by atoms with Crippen molar-refractivity contribution in [2.24, 2.45) is 0 Å². The van der Waals surface area contributed by atoms with Crippen LogP contribution in [-0.4, -0.2) is 17.6 Å². The average Bonchev–Trinajstić information content (AvgIpc) is 2.41. The van der Waals surface area contributed by atoms with Gasteiger partial charge in [0.2, 0.25) is 0 Å². The van der Waals surface area contributed by atoms with E-state index in [4.69, 9.17) is 0 Å².